The lowest BCUT2D eigenvalue weighted by Gasteiger charge is -2.32. The summed E-state index contributed by atoms with van der Waals surface area (Å²) < 4.78 is 47.9. The van der Waals surface area contributed by atoms with E-state index in [1.807, 2.05) is 13.8 Å². The van der Waals surface area contributed by atoms with Gasteiger partial charge in [-0.05, 0) is 93.4 Å². The smallest absolute Gasteiger partial charge is 0.264 e. The van der Waals surface area contributed by atoms with Crippen molar-refractivity contribution in [2.75, 3.05) is 17.5 Å². The second-order valence-corrected chi connectivity index (χ2v) is 12.3. The third-order valence-electron chi connectivity index (χ3n) is 6.64. The van der Waals surface area contributed by atoms with Gasteiger partial charge in [0.1, 0.15) is 24.2 Å². The molecule has 0 aliphatic heterocycles. The first-order chi connectivity index (χ1) is 19.9. The highest BCUT2D eigenvalue weighted by Gasteiger charge is 2.33. The Balaban J connectivity index is 2.04. The van der Waals surface area contributed by atoms with Crippen molar-refractivity contribution in [3.63, 3.8) is 0 Å². The molecule has 3 rings (SSSR count). The zero-order valence-electron chi connectivity index (χ0n) is 23.8. The summed E-state index contributed by atoms with van der Waals surface area (Å²) in [5.41, 5.74) is 0.583. The number of amides is 2. The summed E-state index contributed by atoms with van der Waals surface area (Å²) in [7, 11) is -4.32. The number of sulfonamides is 1. The van der Waals surface area contributed by atoms with Gasteiger partial charge in [-0.15, -0.1) is 0 Å². The highest BCUT2D eigenvalue weighted by Crippen LogP contribution is 2.27. The first kappa shape index (κ1) is 33.2. The largest absolute Gasteiger partial charge is 0.494 e. The molecule has 0 heterocycles. The van der Waals surface area contributed by atoms with Gasteiger partial charge < -0.3 is 15.0 Å². The average molecular weight is 639 g/mol. The Kier molecular flexibility index (Phi) is 11.6. The summed E-state index contributed by atoms with van der Waals surface area (Å²) in [4.78, 5) is 28.3. The van der Waals surface area contributed by atoms with Crippen LogP contribution in [0, 0.1) is 5.82 Å². The third kappa shape index (κ3) is 8.36. The minimum Gasteiger partial charge on any atom is -0.494 e. The van der Waals surface area contributed by atoms with Crippen molar-refractivity contribution < 1.29 is 27.1 Å². The number of carbonyl (C=O) groups excluding carboxylic acids is 2. The maximum atomic E-state index is 14.0. The molecule has 0 spiro atoms. The molecule has 1 N–H and O–H groups in total. The lowest BCUT2D eigenvalue weighted by molar-refractivity contribution is -0.139. The average Bonchev–Trinajstić information content (AvgIpc) is 2.96. The Labute approximate surface area is 256 Å². The van der Waals surface area contributed by atoms with Crippen LogP contribution in [0.2, 0.25) is 10.0 Å². The fraction of sp³-hybridized carbons (Fsp3) is 0.333. The van der Waals surface area contributed by atoms with Crippen LogP contribution in [0.15, 0.2) is 71.6 Å². The monoisotopic (exact) mass is 637 g/mol. The van der Waals surface area contributed by atoms with E-state index in [2.05, 4.69) is 5.32 Å². The predicted octanol–water partition coefficient (Wildman–Crippen LogP) is 6.06. The summed E-state index contributed by atoms with van der Waals surface area (Å²) >= 11 is 12.4. The first-order valence-electron chi connectivity index (χ1n) is 13.4. The minimum absolute atomic E-state index is 0.0693. The number of nitrogens with zero attached hydrogens (tertiary/aromatic N) is 2. The molecule has 0 saturated heterocycles. The molecule has 2 atom stereocenters. The van der Waals surface area contributed by atoms with Gasteiger partial charge in [-0.2, -0.15) is 0 Å². The number of hydrogen-bond donors (Lipinski definition) is 1. The Hall–Kier alpha value is -3.34. The van der Waals surface area contributed by atoms with Gasteiger partial charge in [0.05, 0.1) is 17.2 Å². The Morgan fingerprint density at radius 3 is 2.19 bits per heavy atom. The van der Waals surface area contributed by atoms with Gasteiger partial charge in [0.2, 0.25) is 11.8 Å². The number of anilines is 1. The minimum atomic E-state index is -4.32. The Morgan fingerprint density at radius 2 is 1.62 bits per heavy atom. The van der Waals surface area contributed by atoms with Crippen molar-refractivity contribution in [1.82, 2.24) is 10.2 Å². The van der Waals surface area contributed by atoms with Gasteiger partial charge in [-0.3, -0.25) is 13.9 Å². The number of halogens is 3. The summed E-state index contributed by atoms with van der Waals surface area (Å²) in [6.07, 6.45) is 0.675. The summed E-state index contributed by atoms with van der Waals surface area (Å²) in [5, 5.41) is 3.55. The SMILES string of the molecule is CCOc1ccc(S(=O)(=O)N(CC(=O)N(Cc2ccc(Cl)cc2Cl)[C@H](C)C(=O)N[C@@H](C)CC)c2ccc(F)cc2)cc1. The molecule has 0 unspecified atom stereocenters. The fourth-order valence-electron chi connectivity index (χ4n) is 4.02. The molecule has 3 aromatic carbocycles. The second kappa shape index (κ2) is 14.7. The molecule has 0 aliphatic carbocycles. The van der Waals surface area contributed by atoms with Crippen molar-refractivity contribution in [2.24, 2.45) is 0 Å². The topological polar surface area (TPSA) is 96.0 Å². The third-order valence-corrected chi connectivity index (χ3v) is 9.02. The maximum Gasteiger partial charge on any atom is 0.264 e. The van der Waals surface area contributed by atoms with E-state index >= 15 is 0 Å². The number of nitrogens with one attached hydrogen (secondary N) is 1. The standard InChI is InChI=1S/C30H34Cl2FN3O5S/c1-5-20(3)34-30(38)21(4)35(18-22-7-8-23(31)17-28(22)32)29(37)19-36(25-11-9-24(33)10-12-25)42(39,40)27-15-13-26(14-16-27)41-6-2/h7-17,20-21H,5-6,18-19H2,1-4H3,(H,34,38)/t20-,21+/m0/s1. The van der Waals surface area contributed by atoms with Gasteiger partial charge in [-0.1, -0.05) is 36.2 Å². The fourth-order valence-corrected chi connectivity index (χ4v) is 5.90. The zero-order valence-corrected chi connectivity index (χ0v) is 26.1. The second-order valence-electron chi connectivity index (χ2n) is 9.64. The van der Waals surface area contributed by atoms with Crippen molar-refractivity contribution in [1.29, 1.82) is 0 Å². The quantitative estimate of drug-likeness (QED) is 0.246. The molecule has 0 radical (unpaired) electrons. The molecule has 3 aromatic rings. The zero-order chi connectivity index (χ0) is 31.0. The molecule has 42 heavy (non-hydrogen) atoms. The van der Waals surface area contributed by atoms with E-state index in [-0.39, 0.29) is 28.2 Å². The van der Waals surface area contributed by atoms with Gasteiger partial charge in [0, 0.05) is 22.6 Å². The van der Waals surface area contributed by atoms with Gasteiger partial charge >= 0.3 is 0 Å². The number of rotatable bonds is 13. The van der Waals surface area contributed by atoms with Crippen LogP contribution in [-0.2, 0) is 26.2 Å². The molecule has 0 bridgehead atoms. The van der Waals surface area contributed by atoms with Gasteiger partial charge in [-0.25, -0.2) is 12.8 Å². The highest BCUT2D eigenvalue weighted by atomic mass is 35.5. The van der Waals surface area contributed by atoms with Crippen molar-refractivity contribution >= 4 is 50.7 Å². The van der Waals surface area contributed by atoms with E-state index in [1.165, 1.54) is 47.4 Å². The van der Waals surface area contributed by atoms with Crippen molar-refractivity contribution in [3.05, 3.63) is 88.2 Å². The van der Waals surface area contributed by atoms with E-state index < -0.39 is 40.2 Å². The number of carbonyl (C=O) groups is 2. The molecule has 0 saturated carbocycles. The van der Waals surface area contributed by atoms with E-state index in [0.29, 0.717) is 29.4 Å². The van der Waals surface area contributed by atoms with Crippen LogP contribution in [0.3, 0.4) is 0 Å². The highest BCUT2D eigenvalue weighted by molar-refractivity contribution is 7.92. The molecule has 2 amide bonds. The normalized spacial score (nSPS) is 12.7. The number of hydrogen-bond acceptors (Lipinski definition) is 5. The molecule has 12 heteroatoms. The summed E-state index contributed by atoms with van der Waals surface area (Å²) in [5.74, 6) is -1.18. The first-order valence-corrected chi connectivity index (χ1v) is 15.6. The molecular formula is C30H34Cl2FN3O5S. The molecule has 8 nitrogen and oxygen atoms in total. The van der Waals surface area contributed by atoms with Crippen molar-refractivity contribution in [2.45, 2.75) is 57.6 Å². The predicted molar refractivity (Wildman–Crippen MR) is 163 cm³/mol. The molecular weight excluding hydrogens is 604 g/mol. The van der Waals surface area contributed by atoms with Crippen LogP contribution in [0.25, 0.3) is 0 Å². The lowest BCUT2D eigenvalue weighted by Crippen LogP contribution is -2.52. The van der Waals surface area contributed by atoms with E-state index in [1.54, 1.807) is 26.0 Å². The Morgan fingerprint density at radius 1 is 0.976 bits per heavy atom. The van der Waals surface area contributed by atoms with Crippen molar-refractivity contribution in [3.8, 4) is 5.75 Å². The van der Waals surface area contributed by atoms with Crippen LogP contribution in [0.1, 0.15) is 39.7 Å². The Bertz CT molecular complexity index is 1490. The van der Waals surface area contributed by atoms with Crippen LogP contribution in [0.5, 0.6) is 5.75 Å². The number of benzene rings is 3. The summed E-state index contributed by atoms with van der Waals surface area (Å²) in [6, 6.07) is 14.2. The lowest BCUT2D eigenvalue weighted by atomic mass is 10.1. The molecule has 0 aliphatic rings. The maximum absolute atomic E-state index is 14.0. The van der Waals surface area contributed by atoms with E-state index in [4.69, 9.17) is 27.9 Å². The van der Waals surface area contributed by atoms with E-state index in [0.717, 1.165) is 16.4 Å². The van der Waals surface area contributed by atoms with Crippen LogP contribution >= 0.6 is 23.2 Å². The van der Waals surface area contributed by atoms with Crippen LogP contribution in [0.4, 0.5) is 10.1 Å². The van der Waals surface area contributed by atoms with Gasteiger partial charge in [0.15, 0.2) is 0 Å². The van der Waals surface area contributed by atoms with Crippen LogP contribution in [-0.4, -0.2) is 50.4 Å². The summed E-state index contributed by atoms with van der Waals surface area (Å²) in [6.45, 7) is 6.75. The molecule has 226 valence electrons. The van der Waals surface area contributed by atoms with Gasteiger partial charge in [0.25, 0.3) is 10.0 Å². The number of ether oxygens (including phenoxy) is 1. The van der Waals surface area contributed by atoms with E-state index in [9.17, 15) is 22.4 Å². The molecule has 0 aromatic heterocycles. The molecule has 0 fully saturated rings. The van der Waals surface area contributed by atoms with Crippen LogP contribution < -0.4 is 14.4 Å².